The average molecular weight is 544 g/mol. The highest BCUT2D eigenvalue weighted by atomic mass is 35.5. The molecule has 0 saturated heterocycles. The van der Waals surface area contributed by atoms with Crippen LogP contribution in [0.2, 0.25) is 5.02 Å². The van der Waals surface area contributed by atoms with Crippen molar-refractivity contribution in [1.29, 1.82) is 0 Å². The molecule has 0 radical (unpaired) electrons. The van der Waals surface area contributed by atoms with Crippen LogP contribution in [0.4, 0.5) is 5.13 Å². The number of aromatic nitrogens is 1. The second kappa shape index (κ2) is 11.8. The number of amides is 1. The molecular weight excluding hydrogens is 514 g/mol. The monoisotopic (exact) mass is 543 g/mol. The van der Waals surface area contributed by atoms with Crippen LogP contribution < -0.4 is 5.32 Å². The Balaban J connectivity index is 1.64. The van der Waals surface area contributed by atoms with Gasteiger partial charge in [0.2, 0.25) is 5.91 Å². The van der Waals surface area contributed by atoms with E-state index in [1.807, 2.05) is 4.90 Å². The number of nitrogens with zero attached hydrogens (tertiary/aromatic N) is 2. The lowest BCUT2D eigenvalue weighted by molar-refractivity contribution is -0.146. The number of carbonyl (C=O) groups is 2. The number of hydrogen-bond donors (Lipinski definition) is 3. The van der Waals surface area contributed by atoms with Crippen LogP contribution in [0.5, 0.6) is 0 Å². The molecule has 1 aliphatic rings. The summed E-state index contributed by atoms with van der Waals surface area (Å²) < 4.78 is 24.0. The van der Waals surface area contributed by atoms with E-state index in [4.69, 9.17) is 11.6 Å². The Morgan fingerprint density at radius 2 is 2.00 bits per heavy atom. The van der Waals surface area contributed by atoms with E-state index in [2.05, 4.69) is 10.3 Å². The molecule has 1 saturated carbocycles. The summed E-state index contributed by atoms with van der Waals surface area (Å²) in [5.74, 6) is -1.31. The number of thiazole rings is 1. The second-order valence-electron chi connectivity index (χ2n) is 8.72. The largest absolute Gasteiger partial charge is 0.480 e. The zero-order valence-corrected chi connectivity index (χ0v) is 22.0. The molecule has 9 nitrogen and oxygen atoms in total. The van der Waals surface area contributed by atoms with Gasteiger partial charge in [0, 0.05) is 18.7 Å². The first-order chi connectivity index (χ1) is 16.5. The number of hydrogen-bond acceptors (Lipinski definition) is 8. The van der Waals surface area contributed by atoms with Crippen LogP contribution in [0.25, 0.3) is 10.4 Å². The lowest BCUT2D eigenvalue weighted by atomic mass is 10.1. The molecule has 192 valence electrons. The van der Waals surface area contributed by atoms with Crippen LogP contribution in [0.15, 0.2) is 23.1 Å². The number of aryl methyl sites for hydroxylation is 1. The smallest absolute Gasteiger partial charge is 0.323 e. The first-order valence-electron chi connectivity index (χ1n) is 11.4. The molecule has 2 aromatic rings. The standard InChI is InChI=1S/C23H30ClN3O6S2/c1-14-21(15-9-10-17(24)19(12-15)35(2,32)33)34-23(25-14)26-20(29)8-5-11-27(16-6-3-4-7-16)18(13-28)22(30)31/h9-10,12,16,18,28H,3-8,11,13H2,1-2H3,(H,30,31)(H,25,26,29). The third-order valence-electron chi connectivity index (χ3n) is 6.11. The van der Waals surface area contributed by atoms with Gasteiger partial charge < -0.3 is 15.5 Å². The Morgan fingerprint density at radius 3 is 2.60 bits per heavy atom. The van der Waals surface area contributed by atoms with Crippen molar-refractivity contribution in [1.82, 2.24) is 9.88 Å². The fourth-order valence-electron chi connectivity index (χ4n) is 4.40. The maximum Gasteiger partial charge on any atom is 0.323 e. The number of halogens is 1. The number of aliphatic hydroxyl groups is 1. The molecule has 1 unspecified atom stereocenters. The van der Waals surface area contributed by atoms with Crippen molar-refractivity contribution < 1.29 is 28.2 Å². The normalized spacial score (nSPS) is 15.5. The molecule has 1 aromatic heterocycles. The van der Waals surface area contributed by atoms with Crippen molar-refractivity contribution in [2.45, 2.75) is 62.4 Å². The molecular formula is C23H30ClN3O6S2. The van der Waals surface area contributed by atoms with Crippen LogP contribution in [-0.4, -0.2) is 71.9 Å². The minimum absolute atomic E-state index is 0.0319. The van der Waals surface area contributed by atoms with Gasteiger partial charge in [-0.25, -0.2) is 13.4 Å². The summed E-state index contributed by atoms with van der Waals surface area (Å²) in [5.41, 5.74) is 1.29. The van der Waals surface area contributed by atoms with Gasteiger partial charge in [0.15, 0.2) is 15.0 Å². The molecule has 12 heteroatoms. The maximum atomic E-state index is 12.6. The molecule has 0 bridgehead atoms. The summed E-state index contributed by atoms with van der Waals surface area (Å²) in [4.78, 5) is 31.1. The molecule has 35 heavy (non-hydrogen) atoms. The van der Waals surface area contributed by atoms with Crippen molar-refractivity contribution >= 4 is 49.8 Å². The molecule has 3 N–H and O–H groups in total. The number of carbonyl (C=O) groups excluding carboxylic acids is 1. The number of nitrogens with one attached hydrogen (secondary N) is 1. The molecule has 0 aliphatic heterocycles. The zero-order valence-electron chi connectivity index (χ0n) is 19.7. The van der Waals surface area contributed by atoms with Crippen molar-refractivity contribution in [3.05, 3.63) is 28.9 Å². The third-order valence-corrected chi connectivity index (χ3v) is 8.81. The van der Waals surface area contributed by atoms with Crippen LogP contribution in [0, 0.1) is 6.92 Å². The number of carboxylic acid groups (broad SMARTS) is 1. The molecule has 0 spiro atoms. The van der Waals surface area contributed by atoms with E-state index < -0.39 is 28.5 Å². The summed E-state index contributed by atoms with van der Waals surface area (Å²) in [7, 11) is -3.50. The predicted octanol–water partition coefficient (Wildman–Crippen LogP) is 3.58. The number of anilines is 1. The third kappa shape index (κ3) is 7.01. The van der Waals surface area contributed by atoms with Gasteiger partial charge in [0.05, 0.1) is 27.1 Å². The summed E-state index contributed by atoms with van der Waals surface area (Å²) in [5, 5.41) is 22.4. The topological polar surface area (TPSA) is 137 Å². The number of aliphatic hydroxyl groups excluding tert-OH is 1. The van der Waals surface area contributed by atoms with Gasteiger partial charge in [-0.3, -0.25) is 14.5 Å². The summed E-state index contributed by atoms with van der Waals surface area (Å²) in [6, 6.07) is 3.87. The Hall–Kier alpha value is -2.05. The van der Waals surface area contributed by atoms with Crippen molar-refractivity contribution in [2.75, 3.05) is 24.7 Å². The SMILES string of the molecule is Cc1nc(NC(=O)CCCN(C2CCCC2)C(CO)C(=O)O)sc1-c1ccc(Cl)c(S(C)(=O)=O)c1. The number of benzene rings is 1. The van der Waals surface area contributed by atoms with Crippen molar-refractivity contribution in [3.8, 4) is 10.4 Å². The molecule has 1 heterocycles. The highest BCUT2D eigenvalue weighted by Crippen LogP contribution is 2.35. The van der Waals surface area contributed by atoms with Gasteiger partial charge in [-0.15, -0.1) is 0 Å². The Kier molecular flexibility index (Phi) is 9.28. The van der Waals surface area contributed by atoms with Gasteiger partial charge in [0.25, 0.3) is 0 Å². The highest BCUT2D eigenvalue weighted by Gasteiger charge is 2.32. The van der Waals surface area contributed by atoms with E-state index in [0.717, 1.165) is 36.8 Å². The zero-order chi connectivity index (χ0) is 25.8. The lowest BCUT2D eigenvalue weighted by Gasteiger charge is -2.33. The Bertz CT molecular complexity index is 1180. The molecule has 1 atom stereocenters. The van der Waals surface area contributed by atoms with Crippen LogP contribution >= 0.6 is 22.9 Å². The molecule has 3 rings (SSSR count). The summed E-state index contributed by atoms with van der Waals surface area (Å²) in [6.45, 7) is 1.71. The van der Waals surface area contributed by atoms with E-state index in [0.29, 0.717) is 29.4 Å². The van der Waals surface area contributed by atoms with Crippen LogP contribution in [0.3, 0.4) is 0 Å². The first kappa shape index (κ1) is 27.5. The van der Waals surface area contributed by atoms with Gasteiger partial charge in [-0.1, -0.05) is 41.8 Å². The van der Waals surface area contributed by atoms with E-state index in [9.17, 15) is 28.2 Å². The molecule has 1 aromatic carbocycles. The second-order valence-corrected chi connectivity index (χ2v) is 12.1. The van der Waals surface area contributed by atoms with E-state index in [1.165, 1.54) is 23.5 Å². The number of rotatable bonds is 11. The van der Waals surface area contributed by atoms with Gasteiger partial charge in [-0.2, -0.15) is 0 Å². The predicted molar refractivity (Wildman–Crippen MR) is 136 cm³/mol. The minimum atomic E-state index is -3.50. The number of aliphatic carboxylic acids is 1. The molecule has 1 fully saturated rings. The van der Waals surface area contributed by atoms with Gasteiger partial charge >= 0.3 is 5.97 Å². The average Bonchev–Trinajstić information content (AvgIpc) is 3.42. The van der Waals surface area contributed by atoms with E-state index in [-0.39, 0.29) is 28.3 Å². The maximum absolute atomic E-state index is 12.6. The summed E-state index contributed by atoms with van der Waals surface area (Å²) >= 11 is 7.28. The van der Waals surface area contributed by atoms with Crippen molar-refractivity contribution in [3.63, 3.8) is 0 Å². The summed E-state index contributed by atoms with van der Waals surface area (Å²) in [6.07, 6.45) is 5.56. The number of carboxylic acids is 1. The quantitative estimate of drug-likeness (QED) is 0.391. The van der Waals surface area contributed by atoms with E-state index in [1.54, 1.807) is 13.0 Å². The van der Waals surface area contributed by atoms with Gasteiger partial charge in [-0.05, 0) is 50.4 Å². The highest BCUT2D eigenvalue weighted by molar-refractivity contribution is 7.90. The molecule has 1 aliphatic carbocycles. The first-order valence-corrected chi connectivity index (χ1v) is 14.5. The Labute approximate surface area is 214 Å². The van der Waals surface area contributed by atoms with E-state index >= 15 is 0 Å². The van der Waals surface area contributed by atoms with Gasteiger partial charge in [0.1, 0.15) is 6.04 Å². The number of sulfone groups is 1. The lowest BCUT2D eigenvalue weighted by Crippen LogP contribution is -2.49. The fraction of sp³-hybridized carbons (Fsp3) is 0.522. The Morgan fingerprint density at radius 1 is 1.31 bits per heavy atom. The van der Waals surface area contributed by atoms with Crippen LogP contribution in [0.1, 0.15) is 44.2 Å². The molecule has 1 amide bonds. The van der Waals surface area contributed by atoms with Crippen molar-refractivity contribution in [2.24, 2.45) is 0 Å². The van der Waals surface area contributed by atoms with Crippen LogP contribution in [-0.2, 0) is 19.4 Å². The fourth-order valence-corrected chi connectivity index (χ4v) is 6.68. The minimum Gasteiger partial charge on any atom is -0.480 e.